The number of ether oxygens (including phenoxy) is 2. The number of aliphatic hydroxyl groups is 1. The van der Waals surface area contributed by atoms with Crippen LogP contribution in [0.3, 0.4) is 0 Å². The molecule has 1 aliphatic heterocycles. The Hall–Kier alpha value is -3.81. The third-order valence-electron chi connectivity index (χ3n) is 5.51. The zero-order valence-corrected chi connectivity index (χ0v) is 18.7. The Labute approximate surface area is 191 Å². The van der Waals surface area contributed by atoms with E-state index in [1.165, 1.54) is 0 Å². The lowest BCUT2D eigenvalue weighted by atomic mass is 9.83. The molecule has 10 nitrogen and oxygen atoms in total. The number of nitriles is 1. The number of nitrogens with zero attached hydrogens (tertiary/aromatic N) is 5. The quantitative estimate of drug-likeness (QED) is 0.442. The first-order chi connectivity index (χ1) is 16.0. The van der Waals surface area contributed by atoms with Crippen LogP contribution in [0.5, 0.6) is 5.88 Å². The molecule has 0 spiro atoms. The molecule has 1 aliphatic rings. The molecule has 33 heavy (non-hydrogen) atoms. The molecule has 10 heteroatoms. The number of hydrogen-bond donors (Lipinski definition) is 3. The van der Waals surface area contributed by atoms with Gasteiger partial charge in [-0.2, -0.15) is 10.2 Å². The molecule has 0 bridgehead atoms. The van der Waals surface area contributed by atoms with Crippen molar-refractivity contribution >= 4 is 17.3 Å². The Morgan fingerprint density at radius 1 is 1.27 bits per heavy atom. The molecule has 0 saturated heterocycles. The highest BCUT2D eigenvalue weighted by Gasteiger charge is 2.36. The number of aliphatic hydroxyl groups excluding tert-OH is 1. The number of aryl methyl sites for hydroxylation is 1. The molecule has 3 N–H and O–H groups in total. The van der Waals surface area contributed by atoms with Gasteiger partial charge in [-0.15, -0.1) is 0 Å². The number of nitrogens with one attached hydrogen (secondary N) is 2. The van der Waals surface area contributed by atoms with Gasteiger partial charge >= 0.3 is 0 Å². The molecule has 170 valence electrons. The van der Waals surface area contributed by atoms with Crippen molar-refractivity contribution in [3.63, 3.8) is 0 Å². The van der Waals surface area contributed by atoms with E-state index in [0.717, 1.165) is 16.8 Å². The SMILES string of the molecule is COCCOc1nc(C)ncc1Nc1nccc(-c2cc(C#N)c3c(c2)[C@@](C)(CO)CN3)n1. The summed E-state index contributed by atoms with van der Waals surface area (Å²) in [6.07, 6.45) is 3.25. The van der Waals surface area contributed by atoms with E-state index in [1.54, 1.807) is 38.6 Å². The fourth-order valence-corrected chi connectivity index (χ4v) is 3.63. The predicted molar refractivity (Wildman–Crippen MR) is 123 cm³/mol. The fraction of sp³-hybridized carbons (Fsp3) is 0.348. The summed E-state index contributed by atoms with van der Waals surface area (Å²) in [6.45, 7) is 5.04. The van der Waals surface area contributed by atoms with E-state index >= 15 is 0 Å². The van der Waals surface area contributed by atoms with Gasteiger partial charge in [0.05, 0.1) is 36.4 Å². The highest BCUT2D eigenvalue weighted by atomic mass is 16.5. The van der Waals surface area contributed by atoms with Crippen molar-refractivity contribution in [1.82, 2.24) is 19.9 Å². The number of aromatic nitrogens is 4. The molecule has 3 heterocycles. The molecule has 0 saturated carbocycles. The molecule has 2 aromatic heterocycles. The molecule has 0 radical (unpaired) electrons. The van der Waals surface area contributed by atoms with Crippen LogP contribution in [-0.2, 0) is 10.2 Å². The first kappa shape index (κ1) is 22.4. The van der Waals surface area contributed by atoms with Crippen LogP contribution < -0.4 is 15.4 Å². The Balaban J connectivity index is 1.67. The molecule has 4 rings (SSSR count). The average Bonchev–Trinajstić information content (AvgIpc) is 3.17. The summed E-state index contributed by atoms with van der Waals surface area (Å²) in [5.41, 5.74) is 3.61. The minimum absolute atomic E-state index is 0.0306. The van der Waals surface area contributed by atoms with Crippen LogP contribution in [0, 0.1) is 18.3 Å². The van der Waals surface area contributed by atoms with Gasteiger partial charge in [0.25, 0.3) is 0 Å². The Bertz CT molecular complexity index is 1210. The molecular weight excluding hydrogens is 422 g/mol. The lowest BCUT2D eigenvalue weighted by Crippen LogP contribution is -2.28. The lowest BCUT2D eigenvalue weighted by molar-refractivity contribution is 0.144. The largest absolute Gasteiger partial charge is 0.474 e. The van der Waals surface area contributed by atoms with Crippen LogP contribution in [-0.4, -0.2) is 58.5 Å². The van der Waals surface area contributed by atoms with Gasteiger partial charge in [0.15, 0.2) is 0 Å². The molecule has 0 amide bonds. The minimum atomic E-state index is -0.473. The van der Waals surface area contributed by atoms with E-state index < -0.39 is 5.41 Å². The second kappa shape index (κ2) is 9.36. The van der Waals surface area contributed by atoms with Crippen LogP contribution in [0.25, 0.3) is 11.3 Å². The minimum Gasteiger partial charge on any atom is -0.474 e. The summed E-state index contributed by atoms with van der Waals surface area (Å²) in [5, 5.41) is 26.0. The van der Waals surface area contributed by atoms with E-state index in [1.807, 2.05) is 13.0 Å². The summed E-state index contributed by atoms with van der Waals surface area (Å²) in [5.74, 6) is 1.28. The van der Waals surface area contributed by atoms with E-state index in [0.29, 0.717) is 54.4 Å². The van der Waals surface area contributed by atoms with Crippen LogP contribution in [0.4, 0.5) is 17.3 Å². The predicted octanol–water partition coefficient (Wildman–Crippen LogP) is 2.56. The van der Waals surface area contributed by atoms with E-state index in [9.17, 15) is 10.4 Å². The molecular formula is C23H25N7O3. The second-order valence-corrected chi connectivity index (χ2v) is 8.00. The van der Waals surface area contributed by atoms with Gasteiger partial charge in [-0.3, -0.25) is 0 Å². The zero-order valence-electron chi connectivity index (χ0n) is 18.7. The maximum absolute atomic E-state index is 9.94. The third kappa shape index (κ3) is 4.55. The van der Waals surface area contributed by atoms with Crippen molar-refractivity contribution in [3.8, 4) is 23.2 Å². The number of fused-ring (bicyclic) bond motifs is 1. The monoisotopic (exact) mass is 447 g/mol. The van der Waals surface area contributed by atoms with Crippen LogP contribution in [0.15, 0.2) is 30.6 Å². The number of benzene rings is 1. The van der Waals surface area contributed by atoms with Gasteiger partial charge in [-0.25, -0.2) is 15.0 Å². The summed E-state index contributed by atoms with van der Waals surface area (Å²) in [7, 11) is 1.60. The first-order valence-electron chi connectivity index (χ1n) is 10.5. The second-order valence-electron chi connectivity index (χ2n) is 8.00. The number of rotatable bonds is 8. The van der Waals surface area contributed by atoms with Gasteiger partial charge in [-0.1, -0.05) is 6.92 Å². The van der Waals surface area contributed by atoms with E-state index in [-0.39, 0.29) is 6.61 Å². The smallest absolute Gasteiger partial charge is 0.241 e. The Kier molecular flexibility index (Phi) is 6.35. The number of methoxy groups -OCH3 is 1. The van der Waals surface area contributed by atoms with Crippen molar-refractivity contribution in [1.29, 1.82) is 5.26 Å². The van der Waals surface area contributed by atoms with Crippen molar-refractivity contribution in [2.24, 2.45) is 0 Å². The van der Waals surface area contributed by atoms with Crippen molar-refractivity contribution in [2.45, 2.75) is 19.3 Å². The van der Waals surface area contributed by atoms with Gasteiger partial charge < -0.3 is 25.2 Å². The highest BCUT2D eigenvalue weighted by molar-refractivity contribution is 5.76. The van der Waals surface area contributed by atoms with Crippen molar-refractivity contribution in [3.05, 3.63) is 47.5 Å². The molecule has 0 aliphatic carbocycles. The Morgan fingerprint density at radius 2 is 2.12 bits per heavy atom. The highest BCUT2D eigenvalue weighted by Crippen LogP contribution is 2.41. The maximum atomic E-state index is 9.94. The van der Waals surface area contributed by atoms with Gasteiger partial charge in [0.1, 0.15) is 24.2 Å². The normalized spacial score (nSPS) is 16.6. The molecule has 1 atom stereocenters. The molecule has 3 aromatic rings. The molecule has 1 aromatic carbocycles. The fourth-order valence-electron chi connectivity index (χ4n) is 3.63. The summed E-state index contributed by atoms with van der Waals surface area (Å²) >= 11 is 0. The van der Waals surface area contributed by atoms with Gasteiger partial charge in [-0.05, 0) is 30.7 Å². The number of hydrogen-bond acceptors (Lipinski definition) is 10. The standard InChI is InChI=1S/C23H25N7O3/c1-14-26-11-19(21(28-14)33-7-6-32-3)30-22-25-5-4-18(29-22)15-8-16(10-24)20-17(9-15)23(2,13-31)12-27-20/h4-5,8-9,11,27,31H,6-7,12-13H2,1-3H3,(H,25,29,30)/t23-/m1/s1. The van der Waals surface area contributed by atoms with Crippen LogP contribution in [0.2, 0.25) is 0 Å². The summed E-state index contributed by atoms with van der Waals surface area (Å²) in [4.78, 5) is 17.5. The lowest BCUT2D eigenvalue weighted by Gasteiger charge is -2.21. The number of anilines is 3. The zero-order chi connectivity index (χ0) is 23.4. The molecule has 0 unspecified atom stereocenters. The van der Waals surface area contributed by atoms with Crippen molar-refractivity contribution in [2.75, 3.05) is 44.1 Å². The van der Waals surface area contributed by atoms with Gasteiger partial charge in [0.2, 0.25) is 11.8 Å². The maximum Gasteiger partial charge on any atom is 0.241 e. The molecule has 0 fully saturated rings. The first-order valence-corrected chi connectivity index (χ1v) is 10.5. The van der Waals surface area contributed by atoms with Crippen LogP contribution >= 0.6 is 0 Å². The summed E-state index contributed by atoms with van der Waals surface area (Å²) < 4.78 is 10.7. The third-order valence-corrected chi connectivity index (χ3v) is 5.51. The van der Waals surface area contributed by atoms with Crippen LogP contribution in [0.1, 0.15) is 23.9 Å². The summed E-state index contributed by atoms with van der Waals surface area (Å²) in [6, 6.07) is 7.77. The topological polar surface area (TPSA) is 138 Å². The van der Waals surface area contributed by atoms with Crippen molar-refractivity contribution < 1.29 is 14.6 Å². The van der Waals surface area contributed by atoms with Gasteiger partial charge in [0, 0.05) is 30.8 Å². The van der Waals surface area contributed by atoms with E-state index in [4.69, 9.17) is 9.47 Å². The average molecular weight is 447 g/mol. The Morgan fingerprint density at radius 3 is 2.88 bits per heavy atom. The van der Waals surface area contributed by atoms with E-state index in [2.05, 4.69) is 36.6 Å².